The van der Waals surface area contributed by atoms with E-state index in [2.05, 4.69) is 43.7 Å². The Morgan fingerprint density at radius 3 is 2.60 bits per heavy atom. The number of benzene rings is 1. The molecule has 1 heterocycles. The van der Waals surface area contributed by atoms with E-state index in [0.717, 1.165) is 23.1 Å². The molecule has 0 aliphatic heterocycles. The predicted octanol–water partition coefficient (Wildman–Crippen LogP) is 4.18. The van der Waals surface area contributed by atoms with Crippen molar-refractivity contribution in [2.24, 2.45) is 5.41 Å². The lowest BCUT2D eigenvalue weighted by molar-refractivity contribution is -0.131. The highest BCUT2D eigenvalue weighted by Crippen LogP contribution is 2.25. The van der Waals surface area contributed by atoms with E-state index < -0.39 is 5.97 Å². The Hall–Kier alpha value is -2.03. The van der Waals surface area contributed by atoms with Crippen molar-refractivity contribution < 1.29 is 9.90 Å². The van der Waals surface area contributed by atoms with Gasteiger partial charge in [-0.25, -0.2) is 4.79 Å². The first-order chi connectivity index (χ1) is 9.26. The summed E-state index contributed by atoms with van der Waals surface area (Å²) in [6.45, 7) is 9.42. The molecule has 0 aliphatic carbocycles. The quantitative estimate of drug-likeness (QED) is 0.851. The van der Waals surface area contributed by atoms with Crippen LogP contribution in [-0.4, -0.2) is 15.6 Å². The highest BCUT2D eigenvalue weighted by molar-refractivity contribution is 5.91. The molecule has 0 spiro atoms. The van der Waals surface area contributed by atoms with Gasteiger partial charge in [0, 0.05) is 29.7 Å². The molecule has 0 bridgehead atoms. The molecular formula is C17H21NO2. The van der Waals surface area contributed by atoms with Gasteiger partial charge in [-0.3, -0.25) is 0 Å². The number of carboxylic acids is 1. The molecule has 2 aromatic rings. The van der Waals surface area contributed by atoms with E-state index in [1.807, 2.05) is 19.1 Å². The lowest BCUT2D eigenvalue weighted by Gasteiger charge is -2.19. The highest BCUT2D eigenvalue weighted by atomic mass is 16.4. The molecule has 0 radical (unpaired) electrons. The molecule has 0 fully saturated rings. The third-order valence-electron chi connectivity index (χ3n) is 3.21. The van der Waals surface area contributed by atoms with E-state index in [0.29, 0.717) is 0 Å². The van der Waals surface area contributed by atoms with Gasteiger partial charge in [0.2, 0.25) is 0 Å². The standard InChI is InChI=1S/C17H21NO2/c1-12(9-16(19)20)13-5-6-15-14(10-13)7-8-18(15)11-17(2,3)4/h5-10H,11H2,1-4H3,(H,19,20)/b12-9+. The molecule has 1 aromatic carbocycles. The van der Waals surface area contributed by atoms with Crippen LogP contribution in [0, 0.1) is 5.41 Å². The van der Waals surface area contributed by atoms with Crippen molar-refractivity contribution in [1.29, 1.82) is 0 Å². The second-order valence-electron chi connectivity index (χ2n) is 6.44. The van der Waals surface area contributed by atoms with Crippen LogP contribution in [0.2, 0.25) is 0 Å². The Kier molecular flexibility index (Phi) is 3.71. The van der Waals surface area contributed by atoms with Gasteiger partial charge in [-0.1, -0.05) is 26.8 Å². The molecule has 0 aliphatic rings. The maximum atomic E-state index is 10.7. The zero-order valence-corrected chi connectivity index (χ0v) is 12.5. The molecule has 0 saturated heterocycles. The topological polar surface area (TPSA) is 42.2 Å². The second kappa shape index (κ2) is 5.16. The Morgan fingerprint density at radius 2 is 2.00 bits per heavy atom. The van der Waals surface area contributed by atoms with Crippen molar-refractivity contribution in [3.8, 4) is 0 Å². The number of hydrogen-bond donors (Lipinski definition) is 1. The van der Waals surface area contributed by atoms with Gasteiger partial charge in [0.1, 0.15) is 0 Å². The van der Waals surface area contributed by atoms with Crippen LogP contribution in [0.5, 0.6) is 0 Å². The van der Waals surface area contributed by atoms with E-state index in [1.54, 1.807) is 0 Å². The van der Waals surface area contributed by atoms with Gasteiger partial charge in [-0.2, -0.15) is 0 Å². The summed E-state index contributed by atoms with van der Waals surface area (Å²) >= 11 is 0. The van der Waals surface area contributed by atoms with Crippen LogP contribution in [0.15, 0.2) is 36.5 Å². The minimum atomic E-state index is -0.909. The molecule has 0 atom stereocenters. The minimum Gasteiger partial charge on any atom is -0.478 e. The predicted molar refractivity (Wildman–Crippen MR) is 82.7 cm³/mol. The molecule has 3 nitrogen and oxygen atoms in total. The van der Waals surface area contributed by atoms with Crippen molar-refractivity contribution in [2.75, 3.05) is 0 Å². The van der Waals surface area contributed by atoms with E-state index in [-0.39, 0.29) is 5.41 Å². The Labute approximate surface area is 119 Å². The molecule has 20 heavy (non-hydrogen) atoms. The fourth-order valence-corrected chi connectivity index (χ4v) is 2.36. The Morgan fingerprint density at radius 1 is 1.30 bits per heavy atom. The molecule has 106 valence electrons. The molecule has 2 rings (SSSR count). The molecule has 1 aromatic heterocycles. The summed E-state index contributed by atoms with van der Waals surface area (Å²) < 4.78 is 2.25. The first-order valence-electron chi connectivity index (χ1n) is 6.77. The van der Waals surface area contributed by atoms with Crippen molar-refractivity contribution in [3.63, 3.8) is 0 Å². The van der Waals surface area contributed by atoms with Gasteiger partial charge < -0.3 is 9.67 Å². The first-order valence-corrected chi connectivity index (χ1v) is 6.77. The number of nitrogens with zero attached hydrogens (tertiary/aromatic N) is 1. The first kappa shape index (κ1) is 14.4. The number of hydrogen-bond acceptors (Lipinski definition) is 1. The second-order valence-corrected chi connectivity index (χ2v) is 6.44. The third kappa shape index (κ3) is 3.29. The summed E-state index contributed by atoms with van der Waals surface area (Å²) in [5.41, 5.74) is 3.13. The zero-order chi connectivity index (χ0) is 14.9. The summed E-state index contributed by atoms with van der Waals surface area (Å²) in [6.07, 6.45) is 3.34. The molecule has 0 unspecified atom stereocenters. The van der Waals surface area contributed by atoms with Crippen molar-refractivity contribution in [3.05, 3.63) is 42.1 Å². The summed E-state index contributed by atoms with van der Waals surface area (Å²) in [7, 11) is 0. The smallest absolute Gasteiger partial charge is 0.328 e. The van der Waals surface area contributed by atoms with Crippen molar-refractivity contribution in [1.82, 2.24) is 4.57 Å². The Bertz CT molecular complexity index is 672. The maximum absolute atomic E-state index is 10.7. The number of aromatic nitrogens is 1. The summed E-state index contributed by atoms with van der Waals surface area (Å²) in [5.74, 6) is -0.909. The maximum Gasteiger partial charge on any atom is 0.328 e. The van der Waals surface area contributed by atoms with Gasteiger partial charge >= 0.3 is 5.97 Å². The molecular weight excluding hydrogens is 250 g/mol. The number of carboxylic acid groups (broad SMARTS) is 1. The molecule has 1 N–H and O–H groups in total. The SMILES string of the molecule is C/C(=C\C(=O)O)c1ccc2c(ccn2CC(C)(C)C)c1. The van der Waals surface area contributed by atoms with E-state index in [1.165, 1.54) is 11.6 Å². The zero-order valence-electron chi connectivity index (χ0n) is 12.5. The monoisotopic (exact) mass is 271 g/mol. The number of fused-ring (bicyclic) bond motifs is 1. The lowest BCUT2D eigenvalue weighted by atomic mass is 9.97. The normalized spacial score (nSPS) is 12.9. The van der Waals surface area contributed by atoms with Gasteiger partial charge in [0.15, 0.2) is 0 Å². The Balaban J connectivity index is 2.40. The minimum absolute atomic E-state index is 0.226. The highest BCUT2D eigenvalue weighted by Gasteiger charge is 2.12. The van der Waals surface area contributed by atoms with Crippen LogP contribution in [0.3, 0.4) is 0 Å². The number of allylic oxidation sites excluding steroid dienone is 1. The summed E-state index contributed by atoms with van der Waals surface area (Å²) in [6, 6.07) is 8.17. The van der Waals surface area contributed by atoms with Crippen LogP contribution in [0.4, 0.5) is 0 Å². The largest absolute Gasteiger partial charge is 0.478 e. The molecule has 0 saturated carbocycles. The van der Waals surface area contributed by atoms with Gasteiger partial charge in [-0.15, -0.1) is 0 Å². The van der Waals surface area contributed by atoms with Crippen LogP contribution in [0.25, 0.3) is 16.5 Å². The van der Waals surface area contributed by atoms with Crippen molar-refractivity contribution in [2.45, 2.75) is 34.2 Å². The van der Waals surface area contributed by atoms with Crippen LogP contribution < -0.4 is 0 Å². The van der Waals surface area contributed by atoms with Crippen LogP contribution in [0.1, 0.15) is 33.3 Å². The van der Waals surface area contributed by atoms with Gasteiger partial charge in [0.25, 0.3) is 0 Å². The van der Waals surface area contributed by atoms with E-state index >= 15 is 0 Å². The number of rotatable bonds is 3. The van der Waals surface area contributed by atoms with Crippen LogP contribution >= 0.6 is 0 Å². The molecule has 0 amide bonds. The van der Waals surface area contributed by atoms with E-state index in [4.69, 9.17) is 5.11 Å². The fourth-order valence-electron chi connectivity index (χ4n) is 2.36. The van der Waals surface area contributed by atoms with E-state index in [9.17, 15) is 4.79 Å². The third-order valence-corrected chi connectivity index (χ3v) is 3.21. The average Bonchev–Trinajstić information content (AvgIpc) is 2.68. The lowest BCUT2D eigenvalue weighted by Crippen LogP contribution is -2.14. The number of carbonyl (C=O) groups is 1. The number of aliphatic carboxylic acids is 1. The van der Waals surface area contributed by atoms with Crippen LogP contribution in [-0.2, 0) is 11.3 Å². The summed E-state index contributed by atoms with van der Waals surface area (Å²) in [5, 5.41) is 9.95. The summed E-state index contributed by atoms with van der Waals surface area (Å²) in [4.78, 5) is 10.7. The average molecular weight is 271 g/mol. The fraction of sp³-hybridized carbons (Fsp3) is 0.353. The van der Waals surface area contributed by atoms with Crippen molar-refractivity contribution >= 4 is 22.4 Å². The molecule has 3 heteroatoms. The van der Waals surface area contributed by atoms with Gasteiger partial charge in [0.05, 0.1) is 0 Å². The van der Waals surface area contributed by atoms with Gasteiger partial charge in [-0.05, 0) is 41.7 Å².